The Balaban J connectivity index is 1.51. The molecule has 0 N–H and O–H groups in total. The van der Waals surface area contributed by atoms with Gasteiger partial charge in [-0.3, -0.25) is 4.79 Å². The van der Waals surface area contributed by atoms with Gasteiger partial charge in [0.15, 0.2) is 9.84 Å². The lowest BCUT2D eigenvalue weighted by atomic mass is 10.2. The lowest BCUT2D eigenvalue weighted by molar-refractivity contribution is -0.144. The van der Waals surface area contributed by atoms with Gasteiger partial charge in [0, 0.05) is 11.8 Å². The third-order valence-corrected chi connectivity index (χ3v) is 5.74. The van der Waals surface area contributed by atoms with Crippen molar-refractivity contribution in [3.63, 3.8) is 0 Å². The van der Waals surface area contributed by atoms with Crippen LogP contribution in [-0.2, 0) is 26.0 Å². The van der Waals surface area contributed by atoms with E-state index in [9.17, 15) is 13.2 Å². The minimum Gasteiger partial charge on any atom is -0.461 e. The molecule has 140 valence electrons. The Labute approximate surface area is 158 Å². The van der Waals surface area contributed by atoms with Gasteiger partial charge in [0.1, 0.15) is 6.61 Å². The van der Waals surface area contributed by atoms with Crippen LogP contribution >= 0.6 is 0 Å². The van der Waals surface area contributed by atoms with Crippen LogP contribution in [0, 0.1) is 6.92 Å². The molecule has 0 saturated heterocycles. The lowest BCUT2D eigenvalue weighted by Crippen LogP contribution is -2.13. The molecular formula is C20H20N2O4S. The number of rotatable bonds is 7. The van der Waals surface area contributed by atoms with E-state index in [-0.39, 0.29) is 23.7 Å². The first-order valence-corrected chi connectivity index (χ1v) is 10.1. The summed E-state index contributed by atoms with van der Waals surface area (Å²) in [6.45, 7) is 1.93. The molecule has 2 aromatic carbocycles. The predicted molar refractivity (Wildman–Crippen MR) is 101 cm³/mol. The monoisotopic (exact) mass is 384 g/mol. The highest BCUT2D eigenvalue weighted by atomic mass is 32.2. The Hall–Kier alpha value is -2.93. The Bertz CT molecular complexity index is 1010. The van der Waals surface area contributed by atoms with E-state index in [0.717, 1.165) is 16.8 Å². The minimum absolute atomic E-state index is 0.0518. The molecule has 0 radical (unpaired) electrons. The van der Waals surface area contributed by atoms with Gasteiger partial charge in [0.05, 0.1) is 29.0 Å². The lowest BCUT2D eigenvalue weighted by Gasteiger charge is -2.06. The second kappa shape index (κ2) is 8.18. The van der Waals surface area contributed by atoms with Crippen molar-refractivity contribution in [1.82, 2.24) is 9.78 Å². The van der Waals surface area contributed by atoms with E-state index in [1.54, 1.807) is 41.3 Å². The number of carbonyl (C=O) groups is 1. The maximum atomic E-state index is 12.3. The predicted octanol–water partition coefficient (Wildman–Crippen LogP) is 3.09. The van der Waals surface area contributed by atoms with Gasteiger partial charge in [-0.15, -0.1) is 0 Å². The van der Waals surface area contributed by atoms with Gasteiger partial charge in [0.25, 0.3) is 0 Å². The van der Waals surface area contributed by atoms with Crippen LogP contribution in [0.15, 0.2) is 71.9 Å². The maximum absolute atomic E-state index is 12.3. The molecule has 0 amide bonds. The molecule has 1 aromatic heterocycles. The molecule has 1 heterocycles. The first kappa shape index (κ1) is 18.8. The van der Waals surface area contributed by atoms with Crippen LogP contribution in [0.1, 0.15) is 17.5 Å². The Kier molecular flexibility index (Phi) is 5.71. The summed E-state index contributed by atoms with van der Waals surface area (Å²) in [6, 6.07) is 16.1. The van der Waals surface area contributed by atoms with Crippen LogP contribution < -0.4 is 0 Å². The number of esters is 1. The van der Waals surface area contributed by atoms with E-state index in [1.807, 2.05) is 37.3 Å². The Morgan fingerprint density at radius 3 is 2.48 bits per heavy atom. The van der Waals surface area contributed by atoms with Gasteiger partial charge in [-0.2, -0.15) is 5.10 Å². The number of benzene rings is 2. The number of ether oxygens (including phenoxy) is 1. The molecule has 0 saturated carbocycles. The molecule has 0 aliphatic heterocycles. The number of aryl methyl sites for hydroxylation is 1. The summed E-state index contributed by atoms with van der Waals surface area (Å²) in [6.07, 6.45) is 3.19. The van der Waals surface area contributed by atoms with Crippen LogP contribution in [0.25, 0.3) is 5.69 Å². The molecule has 3 rings (SSSR count). The third-order valence-electron chi connectivity index (χ3n) is 4.01. The minimum atomic E-state index is -3.50. The number of carbonyl (C=O) groups excluding carboxylic acids is 1. The molecule has 6 nitrogen and oxygen atoms in total. The van der Waals surface area contributed by atoms with Crippen LogP contribution in [0.3, 0.4) is 0 Å². The number of para-hydroxylation sites is 1. The fraction of sp³-hybridized carbons (Fsp3) is 0.200. The molecule has 0 aliphatic carbocycles. The highest BCUT2D eigenvalue weighted by Crippen LogP contribution is 2.14. The largest absolute Gasteiger partial charge is 0.461 e. The summed E-state index contributed by atoms with van der Waals surface area (Å²) in [7, 11) is -3.50. The van der Waals surface area contributed by atoms with Gasteiger partial charge in [-0.05, 0) is 31.2 Å². The summed E-state index contributed by atoms with van der Waals surface area (Å²) in [5, 5.41) is 4.23. The zero-order valence-corrected chi connectivity index (χ0v) is 15.7. The topological polar surface area (TPSA) is 78.3 Å². The number of sulfone groups is 1. The van der Waals surface area contributed by atoms with E-state index in [1.165, 1.54) is 0 Å². The van der Waals surface area contributed by atoms with E-state index in [2.05, 4.69) is 5.10 Å². The zero-order chi connectivity index (χ0) is 19.3. The van der Waals surface area contributed by atoms with Gasteiger partial charge in [-0.25, -0.2) is 13.1 Å². The van der Waals surface area contributed by atoms with Gasteiger partial charge in [-0.1, -0.05) is 35.9 Å². The average Bonchev–Trinajstić information content (AvgIpc) is 3.15. The Morgan fingerprint density at radius 2 is 1.78 bits per heavy atom. The van der Waals surface area contributed by atoms with E-state index in [4.69, 9.17) is 4.74 Å². The molecule has 27 heavy (non-hydrogen) atoms. The average molecular weight is 384 g/mol. The van der Waals surface area contributed by atoms with E-state index >= 15 is 0 Å². The number of hydrogen-bond acceptors (Lipinski definition) is 5. The van der Waals surface area contributed by atoms with Crippen molar-refractivity contribution in [2.45, 2.75) is 24.8 Å². The van der Waals surface area contributed by atoms with Gasteiger partial charge in [0.2, 0.25) is 0 Å². The van der Waals surface area contributed by atoms with Gasteiger partial charge >= 0.3 is 5.97 Å². The second-order valence-corrected chi connectivity index (χ2v) is 8.28. The first-order chi connectivity index (χ1) is 12.9. The molecule has 0 atom stereocenters. The van der Waals surface area contributed by atoms with Gasteiger partial charge < -0.3 is 4.74 Å². The van der Waals surface area contributed by atoms with Crippen molar-refractivity contribution in [2.75, 3.05) is 5.75 Å². The zero-order valence-electron chi connectivity index (χ0n) is 14.9. The molecule has 0 aliphatic rings. The molecule has 0 unspecified atom stereocenters. The molecular weight excluding hydrogens is 364 g/mol. The molecule has 7 heteroatoms. The fourth-order valence-corrected chi connectivity index (χ4v) is 3.70. The highest BCUT2D eigenvalue weighted by molar-refractivity contribution is 7.91. The molecule has 3 aromatic rings. The third kappa shape index (κ3) is 5.04. The Morgan fingerprint density at radius 1 is 1.07 bits per heavy atom. The first-order valence-electron chi connectivity index (χ1n) is 8.48. The fourth-order valence-electron chi connectivity index (χ4n) is 2.47. The summed E-state index contributed by atoms with van der Waals surface area (Å²) >= 11 is 0. The second-order valence-electron chi connectivity index (χ2n) is 6.17. The normalized spacial score (nSPS) is 11.3. The van der Waals surface area contributed by atoms with Crippen molar-refractivity contribution < 1.29 is 17.9 Å². The molecule has 0 spiro atoms. The summed E-state index contributed by atoms with van der Waals surface area (Å²) in [5.41, 5.74) is 2.61. The SMILES string of the molecule is Cc1ccc(S(=O)(=O)CCC(=O)OCc2cnn(-c3ccccc3)c2)cc1. The number of nitrogens with zero attached hydrogens (tertiary/aromatic N) is 2. The van der Waals surface area contributed by atoms with Crippen LogP contribution in [-0.4, -0.2) is 29.9 Å². The van der Waals surface area contributed by atoms with Crippen molar-refractivity contribution in [3.05, 3.63) is 78.1 Å². The molecule has 0 bridgehead atoms. The van der Waals surface area contributed by atoms with E-state index < -0.39 is 15.8 Å². The van der Waals surface area contributed by atoms with Crippen LogP contribution in [0.5, 0.6) is 0 Å². The van der Waals surface area contributed by atoms with Crippen molar-refractivity contribution in [2.24, 2.45) is 0 Å². The smallest absolute Gasteiger partial charge is 0.307 e. The summed E-state index contributed by atoms with van der Waals surface area (Å²) in [5.74, 6) is -0.837. The van der Waals surface area contributed by atoms with E-state index in [0.29, 0.717) is 0 Å². The summed E-state index contributed by atoms with van der Waals surface area (Å²) in [4.78, 5) is 12.1. The number of aromatic nitrogens is 2. The number of hydrogen-bond donors (Lipinski definition) is 0. The molecule has 0 fully saturated rings. The van der Waals surface area contributed by atoms with Crippen LogP contribution in [0.4, 0.5) is 0 Å². The highest BCUT2D eigenvalue weighted by Gasteiger charge is 2.17. The van der Waals surface area contributed by atoms with Crippen LogP contribution in [0.2, 0.25) is 0 Å². The summed E-state index contributed by atoms with van der Waals surface area (Å²) < 4.78 is 31.4. The van der Waals surface area contributed by atoms with Crippen molar-refractivity contribution in [1.29, 1.82) is 0 Å². The van der Waals surface area contributed by atoms with Crippen molar-refractivity contribution in [3.8, 4) is 5.69 Å². The quantitative estimate of drug-likeness (QED) is 0.585. The maximum Gasteiger partial charge on any atom is 0.307 e. The standard InChI is InChI=1S/C20H20N2O4S/c1-16-7-9-19(10-8-16)27(24,25)12-11-20(23)26-15-17-13-21-22(14-17)18-5-3-2-4-6-18/h2-10,13-14H,11-12,15H2,1H3. The van der Waals surface area contributed by atoms with Crippen molar-refractivity contribution >= 4 is 15.8 Å².